The summed E-state index contributed by atoms with van der Waals surface area (Å²) in [6.07, 6.45) is 3.31. The molecule has 1 radical (unpaired) electrons. The molecule has 0 saturated heterocycles. The number of aromatic nitrogens is 2. The average Bonchev–Trinajstić information content (AvgIpc) is 2.31. The maximum Gasteiger partial charge on any atom is 0.116 e. The quantitative estimate of drug-likeness (QED) is 0.807. The molecule has 0 saturated carbocycles. The molecule has 1 heterocycles. The van der Waals surface area contributed by atoms with E-state index >= 15 is 0 Å². The highest BCUT2D eigenvalue weighted by Gasteiger charge is 2.01. The first-order valence-corrected chi connectivity index (χ1v) is 5.53. The summed E-state index contributed by atoms with van der Waals surface area (Å²) in [6.45, 7) is 3.82. The Morgan fingerprint density at radius 3 is 2.56 bits per heavy atom. The van der Waals surface area contributed by atoms with E-state index in [0.29, 0.717) is 0 Å². The van der Waals surface area contributed by atoms with Gasteiger partial charge in [0.15, 0.2) is 0 Å². The molecule has 0 atom stereocenters. The van der Waals surface area contributed by atoms with E-state index in [4.69, 9.17) is 11.6 Å². The molecule has 3 heteroatoms. The number of aryl methyl sites for hydroxylation is 1. The third-order valence-electron chi connectivity index (χ3n) is 2.30. The van der Waals surface area contributed by atoms with Crippen LogP contribution in [0.1, 0.15) is 12.1 Å². The van der Waals surface area contributed by atoms with Crippen molar-refractivity contribution in [3.8, 4) is 11.3 Å². The zero-order chi connectivity index (χ0) is 11.4. The van der Waals surface area contributed by atoms with E-state index in [2.05, 4.69) is 16.9 Å². The van der Waals surface area contributed by atoms with Crippen LogP contribution >= 0.6 is 11.6 Å². The highest BCUT2D eigenvalue weighted by Crippen LogP contribution is 2.19. The van der Waals surface area contributed by atoms with Gasteiger partial charge in [0.1, 0.15) is 6.33 Å². The van der Waals surface area contributed by atoms with Crippen LogP contribution in [-0.2, 0) is 6.42 Å². The summed E-state index contributed by atoms with van der Waals surface area (Å²) >= 11 is 5.84. The molecule has 0 N–H and O–H groups in total. The summed E-state index contributed by atoms with van der Waals surface area (Å²) in [5.41, 5.74) is 3.00. The molecule has 1 aromatic heterocycles. The van der Waals surface area contributed by atoms with Crippen LogP contribution in [0.2, 0.25) is 5.02 Å². The van der Waals surface area contributed by atoms with E-state index < -0.39 is 0 Å². The Morgan fingerprint density at radius 1 is 1.12 bits per heavy atom. The molecule has 2 rings (SSSR count). The van der Waals surface area contributed by atoms with Crippen molar-refractivity contribution in [2.75, 3.05) is 0 Å². The second-order valence-electron chi connectivity index (χ2n) is 3.51. The third kappa shape index (κ3) is 2.58. The number of nitrogens with zero attached hydrogens (tertiary/aromatic N) is 2. The van der Waals surface area contributed by atoms with Gasteiger partial charge in [0.2, 0.25) is 0 Å². The number of rotatable bonds is 3. The zero-order valence-electron chi connectivity index (χ0n) is 8.86. The molecule has 0 aliphatic heterocycles. The average molecular weight is 232 g/mol. The van der Waals surface area contributed by atoms with Crippen LogP contribution in [0.3, 0.4) is 0 Å². The predicted octanol–water partition coefficient (Wildman–Crippen LogP) is 3.56. The van der Waals surface area contributed by atoms with Gasteiger partial charge in [-0.25, -0.2) is 9.97 Å². The first-order valence-electron chi connectivity index (χ1n) is 5.15. The van der Waals surface area contributed by atoms with Crippen LogP contribution in [0.15, 0.2) is 36.7 Å². The van der Waals surface area contributed by atoms with Crippen molar-refractivity contribution in [2.45, 2.75) is 12.8 Å². The number of hydrogen-bond donors (Lipinski definition) is 0. The minimum atomic E-state index is 0.732. The van der Waals surface area contributed by atoms with E-state index in [9.17, 15) is 0 Å². The van der Waals surface area contributed by atoms with Gasteiger partial charge in [0, 0.05) is 16.3 Å². The lowest BCUT2D eigenvalue weighted by molar-refractivity contribution is 0.926. The van der Waals surface area contributed by atoms with Crippen molar-refractivity contribution in [2.24, 2.45) is 0 Å². The van der Waals surface area contributed by atoms with Crippen LogP contribution in [-0.4, -0.2) is 9.97 Å². The Bertz CT molecular complexity index is 466. The van der Waals surface area contributed by atoms with Crippen LogP contribution in [0.25, 0.3) is 11.3 Å². The van der Waals surface area contributed by atoms with Crippen molar-refractivity contribution in [1.29, 1.82) is 0 Å². The molecular weight excluding hydrogens is 220 g/mol. The number of hydrogen-bond acceptors (Lipinski definition) is 2. The molecule has 0 unspecified atom stereocenters. The van der Waals surface area contributed by atoms with Crippen molar-refractivity contribution < 1.29 is 0 Å². The highest BCUT2D eigenvalue weighted by molar-refractivity contribution is 6.30. The van der Waals surface area contributed by atoms with E-state index in [1.54, 1.807) is 6.33 Å². The Labute approximate surface area is 100 Å². The molecule has 2 nitrogen and oxygen atoms in total. The fourth-order valence-corrected chi connectivity index (χ4v) is 1.62. The minimum Gasteiger partial charge on any atom is -0.241 e. The van der Waals surface area contributed by atoms with Gasteiger partial charge in [-0.3, -0.25) is 0 Å². The highest BCUT2D eigenvalue weighted by atomic mass is 35.5. The standard InChI is InChI=1S/C13H12ClN2/c1-2-3-12-8-13(16-9-15-12)10-4-6-11(14)7-5-10/h4-9H,1-3H2. The first kappa shape index (κ1) is 11.1. The molecule has 16 heavy (non-hydrogen) atoms. The molecule has 0 fully saturated rings. The monoisotopic (exact) mass is 231 g/mol. The smallest absolute Gasteiger partial charge is 0.116 e. The van der Waals surface area contributed by atoms with Gasteiger partial charge in [-0.05, 0) is 31.0 Å². The molecule has 0 aliphatic rings. The maximum absolute atomic E-state index is 5.84. The van der Waals surface area contributed by atoms with E-state index in [0.717, 1.165) is 34.8 Å². The SMILES string of the molecule is [CH2]CCc1cc(-c2ccc(Cl)cc2)ncn1. The van der Waals surface area contributed by atoms with Gasteiger partial charge in [0.25, 0.3) is 0 Å². The van der Waals surface area contributed by atoms with Crippen LogP contribution in [0.4, 0.5) is 0 Å². The summed E-state index contributed by atoms with van der Waals surface area (Å²) in [5, 5.41) is 0.732. The maximum atomic E-state index is 5.84. The topological polar surface area (TPSA) is 25.8 Å². The third-order valence-corrected chi connectivity index (χ3v) is 2.55. The van der Waals surface area contributed by atoms with Crippen LogP contribution in [0.5, 0.6) is 0 Å². The fourth-order valence-electron chi connectivity index (χ4n) is 1.49. The molecule has 0 spiro atoms. The summed E-state index contributed by atoms with van der Waals surface area (Å²) < 4.78 is 0. The van der Waals surface area contributed by atoms with E-state index in [1.807, 2.05) is 30.3 Å². The summed E-state index contributed by atoms with van der Waals surface area (Å²) in [7, 11) is 0. The van der Waals surface area contributed by atoms with Crippen LogP contribution < -0.4 is 0 Å². The Morgan fingerprint density at radius 2 is 1.88 bits per heavy atom. The lowest BCUT2D eigenvalue weighted by atomic mass is 10.1. The largest absolute Gasteiger partial charge is 0.241 e. The molecular formula is C13H12ClN2. The lowest BCUT2D eigenvalue weighted by Crippen LogP contribution is -1.92. The molecule has 1 aromatic carbocycles. The second kappa shape index (κ2) is 5.08. The van der Waals surface area contributed by atoms with Gasteiger partial charge >= 0.3 is 0 Å². The molecule has 81 valence electrons. The number of benzene rings is 1. The Kier molecular flexibility index (Phi) is 3.52. The number of halogens is 1. The lowest BCUT2D eigenvalue weighted by Gasteiger charge is -2.03. The molecule has 0 amide bonds. The summed E-state index contributed by atoms with van der Waals surface area (Å²) in [5.74, 6) is 0. The predicted molar refractivity (Wildman–Crippen MR) is 66.2 cm³/mol. The second-order valence-corrected chi connectivity index (χ2v) is 3.94. The van der Waals surface area contributed by atoms with Crippen molar-refractivity contribution in [3.05, 3.63) is 54.3 Å². The fraction of sp³-hybridized carbons (Fsp3) is 0.154. The van der Waals surface area contributed by atoms with Crippen molar-refractivity contribution >= 4 is 11.6 Å². The van der Waals surface area contributed by atoms with Crippen molar-refractivity contribution in [1.82, 2.24) is 9.97 Å². The van der Waals surface area contributed by atoms with Gasteiger partial charge in [0.05, 0.1) is 5.69 Å². The molecule has 0 bridgehead atoms. The van der Waals surface area contributed by atoms with Gasteiger partial charge in [-0.2, -0.15) is 0 Å². The minimum absolute atomic E-state index is 0.732. The summed E-state index contributed by atoms with van der Waals surface area (Å²) in [6, 6.07) is 9.63. The van der Waals surface area contributed by atoms with E-state index in [-0.39, 0.29) is 0 Å². The Hall–Kier alpha value is -1.41. The van der Waals surface area contributed by atoms with Crippen LogP contribution in [0, 0.1) is 6.92 Å². The Balaban J connectivity index is 2.32. The van der Waals surface area contributed by atoms with Gasteiger partial charge < -0.3 is 0 Å². The summed E-state index contributed by atoms with van der Waals surface area (Å²) in [4.78, 5) is 8.44. The van der Waals surface area contributed by atoms with Crippen molar-refractivity contribution in [3.63, 3.8) is 0 Å². The van der Waals surface area contributed by atoms with E-state index in [1.165, 1.54) is 0 Å². The first-order chi connectivity index (χ1) is 7.79. The van der Waals surface area contributed by atoms with Gasteiger partial charge in [-0.1, -0.05) is 30.7 Å². The normalized spacial score (nSPS) is 10.4. The van der Waals surface area contributed by atoms with Gasteiger partial charge in [-0.15, -0.1) is 0 Å². The zero-order valence-corrected chi connectivity index (χ0v) is 9.61. The molecule has 2 aromatic rings. The molecule has 0 aliphatic carbocycles.